The highest BCUT2D eigenvalue weighted by atomic mass is 32.1. The maximum Gasteiger partial charge on any atom is 0.264 e. The van der Waals surface area contributed by atoms with Crippen molar-refractivity contribution in [3.8, 4) is 0 Å². The molecule has 1 aromatic rings. The molecule has 1 aliphatic carbocycles. The van der Waals surface area contributed by atoms with E-state index in [1.54, 1.807) is 0 Å². The number of aliphatic hydroxyl groups excluding tert-OH is 1. The third-order valence-electron chi connectivity index (χ3n) is 5.41. The summed E-state index contributed by atoms with van der Waals surface area (Å²) in [5.74, 6) is 0.156. The van der Waals surface area contributed by atoms with Crippen LogP contribution < -0.4 is 0 Å². The van der Waals surface area contributed by atoms with Crippen molar-refractivity contribution in [3.63, 3.8) is 0 Å². The fourth-order valence-electron chi connectivity index (χ4n) is 3.89. The predicted molar refractivity (Wildman–Crippen MR) is 87.3 cm³/mol. The largest absolute Gasteiger partial charge is 0.392 e. The SMILES string of the molecule is CCO[C@@H]1C[C@H](O)C12CCN(C(=O)c1sccc1CC)CC2. The van der Waals surface area contributed by atoms with Gasteiger partial charge in [0.2, 0.25) is 0 Å². The number of thiophene rings is 1. The second-order valence-corrected chi connectivity index (χ2v) is 7.27. The number of ether oxygens (including phenoxy) is 1. The van der Waals surface area contributed by atoms with Gasteiger partial charge in [0.05, 0.1) is 17.1 Å². The average molecular weight is 323 g/mol. The van der Waals surface area contributed by atoms with Crippen molar-refractivity contribution in [3.05, 3.63) is 21.9 Å². The molecule has 2 aliphatic rings. The number of piperidine rings is 1. The lowest BCUT2D eigenvalue weighted by Gasteiger charge is -2.56. The van der Waals surface area contributed by atoms with Gasteiger partial charge in [0.25, 0.3) is 5.91 Å². The highest BCUT2D eigenvalue weighted by molar-refractivity contribution is 7.12. The number of hydrogen-bond donors (Lipinski definition) is 1. The molecule has 0 aromatic carbocycles. The van der Waals surface area contributed by atoms with Gasteiger partial charge in [0, 0.05) is 31.5 Å². The first-order valence-electron chi connectivity index (χ1n) is 8.27. The Morgan fingerprint density at radius 3 is 2.77 bits per heavy atom. The second kappa shape index (κ2) is 6.30. The summed E-state index contributed by atoms with van der Waals surface area (Å²) >= 11 is 1.54. The predicted octanol–water partition coefficient (Wildman–Crippen LogP) is 2.70. The number of aryl methyl sites for hydroxylation is 1. The number of likely N-dealkylation sites (tertiary alicyclic amines) is 1. The molecule has 0 bridgehead atoms. The van der Waals surface area contributed by atoms with Gasteiger partial charge in [-0.3, -0.25) is 4.79 Å². The van der Waals surface area contributed by atoms with Gasteiger partial charge in [-0.05, 0) is 43.2 Å². The Morgan fingerprint density at radius 2 is 2.18 bits per heavy atom. The summed E-state index contributed by atoms with van der Waals surface area (Å²) in [4.78, 5) is 15.5. The minimum atomic E-state index is -0.269. The average Bonchev–Trinajstić information content (AvgIpc) is 3.03. The maximum absolute atomic E-state index is 12.7. The van der Waals surface area contributed by atoms with Crippen molar-refractivity contribution in [2.24, 2.45) is 5.41 Å². The fourth-order valence-corrected chi connectivity index (χ4v) is 4.85. The summed E-state index contributed by atoms with van der Waals surface area (Å²) in [6, 6.07) is 2.05. The van der Waals surface area contributed by atoms with Gasteiger partial charge in [0.1, 0.15) is 0 Å². The van der Waals surface area contributed by atoms with E-state index in [0.29, 0.717) is 6.61 Å². The number of rotatable bonds is 4. The Bertz CT molecular complexity index is 532. The molecule has 1 aromatic heterocycles. The van der Waals surface area contributed by atoms with Gasteiger partial charge in [0.15, 0.2) is 0 Å². The minimum Gasteiger partial charge on any atom is -0.392 e. The van der Waals surface area contributed by atoms with Crippen LogP contribution in [0, 0.1) is 5.41 Å². The molecule has 1 spiro atoms. The van der Waals surface area contributed by atoms with E-state index in [1.807, 2.05) is 23.3 Å². The lowest BCUT2D eigenvalue weighted by atomic mass is 9.58. The molecule has 22 heavy (non-hydrogen) atoms. The van der Waals surface area contributed by atoms with Crippen LogP contribution in [-0.4, -0.2) is 47.8 Å². The molecule has 2 heterocycles. The van der Waals surface area contributed by atoms with Crippen molar-refractivity contribution in [1.82, 2.24) is 4.90 Å². The molecule has 1 aliphatic heterocycles. The molecule has 1 N–H and O–H groups in total. The highest BCUT2D eigenvalue weighted by Crippen LogP contribution is 2.51. The Morgan fingerprint density at radius 1 is 1.45 bits per heavy atom. The summed E-state index contributed by atoms with van der Waals surface area (Å²) < 4.78 is 5.78. The number of aliphatic hydroxyl groups is 1. The number of amides is 1. The number of hydrogen-bond acceptors (Lipinski definition) is 4. The summed E-state index contributed by atoms with van der Waals surface area (Å²) in [5, 5.41) is 12.2. The summed E-state index contributed by atoms with van der Waals surface area (Å²) in [6.07, 6.45) is 3.22. The monoisotopic (exact) mass is 323 g/mol. The molecule has 0 unspecified atom stereocenters. The van der Waals surface area contributed by atoms with E-state index < -0.39 is 0 Å². The standard InChI is InChI=1S/C17H25NO3S/c1-3-12-5-10-22-15(12)16(20)18-8-6-17(7-9-18)13(19)11-14(17)21-4-2/h5,10,13-14,19H,3-4,6-9,11H2,1-2H3/t13-,14+/m0/s1. The lowest BCUT2D eigenvalue weighted by molar-refractivity contribution is -0.207. The third kappa shape index (κ3) is 2.49. The van der Waals surface area contributed by atoms with Gasteiger partial charge in [-0.2, -0.15) is 0 Å². The van der Waals surface area contributed by atoms with Crippen LogP contribution in [0.5, 0.6) is 0 Å². The van der Waals surface area contributed by atoms with E-state index in [-0.39, 0.29) is 23.5 Å². The molecular formula is C17H25NO3S. The van der Waals surface area contributed by atoms with Crippen LogP contribution in [0.1, 0.15) is 48.3 Å². The Labute approximate surface area is 136 Å². The van der Waals surface area contributed by atoms with Crippen LogP contribution in [0.15, 0.2) is 11.4 Å². The van der Waals surface area contributed by atoms with Crippen LogP contribution in [0.25, 0.3) is 0 Å². The topological polar surface area (TPSA) is 49.8 Å². The first kappa shape index (κ1) is 16.0. The lowest BCUT2D eigenvalue weighted by Crippen LogP contribution is -2.62. The van der Waals surface area contributed by atoms with Crippen LogP contribution in [0.2, 0.25) is 0 Å². The second-order valence-electron chi connectivity index (χ2n) is 6.35. The van der Waals surface area contributed by atoms with Gasteiger partial charge in [-0.1, -0.05) is 6.92 Å². The Kier molecular flexibility index (Phi) is 4.57. The van der Waals surface area contributed by atoms with E-state index in [4.69, 9.17) is 4.74 Å². The molecule has 1 amide bonds. The molecule has 5 heteroatoms. The first-order valence-corrected chi connectivity index (χ1v) is 9.15. The molecule has 1 saturated carbocycles. The van der Waals surface area contributed by atoms with Crippen molar-refractivity contribution in [2.45, 2.75) is 51.7 Å². The van der Waals surface area contributed by atoms with Crippen molar-refractivity contribution < 1.29 is 14.6 Å². The van der Waals surface area contributed by atoms with Crippen LogP contribution in [-0.2, 0) is 11.2 Å². The van der Waals surface area contributed by atoms with E-state index in [0.717, 1.165) is 49.2 Å². The first-order chi connectivity index (χ1) is 10.6. The van der Waals surface area contributed by atoms with Crippen molar-refractivity contribution in [1.29, 1.82) is 0 Å². The van der Waals surface area contributed by atoms with Crippen LogP contribution in [0.3, 0.4) is 0 Å². The van der Waals surface area contributed by atoms with E-state index >= 15 is 0 Å². The number of carbonyl (C=O) groups is 1. The van der Waals surface area contributed by atoms with Gasteiger partial charge >= 0.3 is 0 Å². The van der Waals surface area contributed by atoms with E-state index in [1.165, 1.54) is 11.3 Å². The molecule has 2 fully saturated rings. The molecular weight excluding hydrogens is 298 g/mol. The normalized spacial score (nSPS) is 27.0. The zero-order valence-electron chi connectivity index (χ0n) is 13.4. The Balaban J connectivity index is 1.65. The zero-order valence-corrected chi connectivity index (χ0v) is 14.2. The fraction of sp³-hybridized carbons (Fsp3) is 0.706. The number of carbonyl (C=O) groups excluding carboxylic acids is 1. The summed E-state index contributed by atoms with van der Waals surface area (Å²) in [6.45, 7) is 6.22. The van der Waals surface area contributed by atoms with Crippen molar-refractivity contribution >= 4 is 17.2 Å². The Hall–Kier alpha value is -0.910. The van der Waals surface area contributed by atoms with Gasteiger partial charge in [-0.15, -0.1) is 11.3 Å². The van der Waals surface area contributed by atoms with Gasteiger partial charge < -0.3 is 14.7 Å². The molecule has 3 rings (SSSR count). The summed E-state index contributed by atoms with van der Waals surface area (Å²) in [5.41, 5.74) is 1.03. The smallest absolute Gasteiger partial charge is 0.264 e. The molecule has 4 nitrogen and oxygen atoms in total. The third-order valence-corrected chi connectivity index (χ3v) is 6.36. The van der Waals surface area contributed by atoms with Crippen LogP contribution >= 0.6 is 11.3 Å². The zero-order chi connectivity index (χ0) is 15.7. The van der Waals surface area contributed by atoms with E-state index in [2.05, 4.69) is 6.92 Å². The molecule has 0 radical (unpaired) electrons. The van der Waals surface area contributed by atoms with Gasteiger partial charge in [-0.25, -0.2) is 0 Å². The highest BCUT2D eigenvalue weighted by Gasteiger charge is 2.56. The molecule has 122 valence electrons. The number of nitrogens with zero attached hydrogens (tertiary/aromatic N) is 1. The minimum absolute atomic E-state index is 0.115. The summed E-state index contributed by atoms with van der Waals surface area (Å²) in [7, 11) is 0. The van der Waals surface area contributed by atoms with Crippen LogP contribution in [0.4, 0.5) is 0 Å². The van der Waals surface area contributed by atoms with E-state index in [9.17, 15) is 9.90 Å². The molecule has 2 atom stereocenters. The van der Waals surface area contributed by atoms with Crippen molar-refractivity contribution in [2.75, 3.05) is 19.7 Å². The molecule has 1 saturated heterocycles. The quantitative estimate of drug-likeness (QED) is 0.927. The maximum atomic E-state index is 12.7.